The zero-order valence-electron chi connectivity index (χ0n) is 10.2. The van der Waals surface area contributed by atoms with E-state index >= 15 is 0 Å². The summed E-state index contributed by atoms with van der Waals surface area (Å²) < 4.78 is 1.24. The Hall–Kier alpha value is 0.200. The first-order chi connectivity index (χ1) is 6.95. The van der Waals surface area contributed by atoms with E-state index in [2.05, 4.69) is 48.7 Å². The number of rotatable bonds is 7. The van der Waals surface area contributed by atoms with Crippen molar-refractivity contribution < 1.29 is 4.79 Å². The molecule has 0 aliphatic carbocycles. The van der Waals surface area contributed by atoms with Gasteiger partial charge in [-0.05, 0) is 22.7 Å². The summed E-state index contributed by atoms with van der Waals surface area (Å²) >= 11 is 2.40. The molecule has 0 aliphatic rings. The van der Waals surface area contributed by atoms with Gasteiger partial charge in [-0.1, -0.05) is 56.2 Å². The summed E-state index contributed by atoms with van der Waals surface area (Å²) in [6.45, 7) is 7.11. The number of carbonyl (C=O) groups is 1. The minimum atomic E-state index is 0.102. The number of unbranched alkanes of at least 4 members (excludes halogenated alkanes) is 3. The van der Waals surface area contributed by atoms with Crippen molar-refractivity contribution >= 4 is 28.5 Å². The van der Waals surface area contributed by atoms with Crippen LogP contribution in [0.2, 0.25) is 0 Å². The molecular weight excluding hydrogens is 301 g/mol. The highest BCUT2D eigenvalue weighted by molar-refractivity contribution is 14.1. The first-order valence-electron chi connectivity index (χ1n) is 5.78. The molecule has 0 fully saturated rings. The van der Waals surface area contributed by atoms with Gasteiger partial charge in [0.15, 0.2) is 0 Å². The largest absolute Gasteiger partial charge is 0.356 e. The Labute approximate surface area is 108 Å². The topological polar surface area (TPSA) is 29.1 Å². The molecule has 0 unspecified atom stereocenters. The summed E-state index contributed by atoms with van der Waals surface area (Å²) in [6, 6.07) is 0. The van der Waals surface area contributed by atoms with E-state index in [9.17, 15) is 4.79 Å². The van der Waals surface area contributed by atoms with Crippen LogP contribution in [0, 0.1) is 5.41 Å². The first kappa shape index (κ1) is 15.2. The molecule has 0 rings (SSSR count). The summed E-state index contributed by atoms with van der Waals surface area (Å²) in [5.41, 5.74) is 0.102. The van der Waals surface area contributed by atoms with E-state index in [1.54, 1.807) is 0 Å². The fourth-order valence-corrected chi connectivity index (χ4v) is 1.88. The van der Waals surface area contributed by atoms with E-state index in [1.165, 1.54) is 23.7 Å². The molecule has 1 amide bonds. The van der Waals surface area contributed by atoms with E-state index in [1.807, 2.05) is 0 Å². The Morgan fingerprint density at radius 3 is 2.27 bits per heavy atom. The van der Waals surface area contributed by atoms with Gasteiger partial charge in [-0.15, -0.1) is 0 Å². The Kier molecular flexibility index (Phi) is 8.47. The lowest BCUT2D eigenvalue weighted by molar-refractivity contribution is -0.122. The number of alkyl halides is 1. The molecule has 3 heteroatoms. The van der Waals surface area contributed by atoms with Gasteiger partial charge in [-0.25, -0.2) is 0 Å². The predicted molar refractivity (Wildman–Crippen MR) is 74.4 cm³/mol. The second kappa shape index (κ2) is 8.36. The summed E-state index contributed by atoms with van der Waals surface area (Å²) in [4.78, 5) is 11.4. The van der Waals surface area contributed by atoms with Crippen molar-refractivity contribution in [1.82, 2.24) is 5.32 Å². The fraction of sp³-hybridized carbons (Fsp3) is 0.917. The maximum absolute atomic E-state index is 11.4. The van der Waals surface area contributed by atoms with Crippen LogP contribution in [0.4, 0.5) is 0 Å². The van der Waals surface area contributed by atoms with Crippen molar-refractivity contribution in [3.05, 3.63) is 0 Å². The van der Waals surface area contributed by atoms with Gasteiger partial charge >= 0.3 is 0 Å². The molecule has 90 valence electrons. The van der Waals surface area contributed by atoms with Crippen LogP contribution in [0.1, 0.15) is 52.9 Å². The zero-order valence-corrected chi connectivity index (χ0v) is 12.4. The maximum Gasteiger partial charge on any atom is 0.220 e. The third-order valence-electron chi connectivity index (χ3n) is 2.07. The molecule has 0 aromatic rings. The highest BCUT2D eigenvalue weighted by Crippen LogP contribution is 2.17. The average molecular weight is 325 g/mol. The van der Waals surface area contributed by atoms with Crippen LogP contribution in [0.3, 0.4) is 0 Å². The van der Waals surface area contributed by atoms with Crippen molar-refractivity contribution in [1.29, 1.82) is 0 Å². The molecule has 0 aromatic heterocycles. The Morgan fingerprint density at radius 2 is 1.73 bits per heavy atom. The summed E-state index contributed by atoms with van der Waals surface area (Å²) in [7, 11) is 0. The summed E-state index contributed by atoms with van der Waals surface area (Å²) in [5.74, 6) is 0.191. The highest BCUT2D eigenvalue weighted by atomic mass is 127. The van der Waals surface area contributed by atoms with E-state index in [0.717, 1.165) is 13.0 Å². The number of carbonyl (C=O) groups excluding carboxylic acids is 1. The standard InChI is InChI=1S/C12H24INO/c1-12(2,3)10-11(15)14-9-7-5-4-6-8-13/h4-10H2,1-3H3,(H,14,15). The highest BCUT2D eigenvalue weighted by Gasteiger charge is 2.14. The SMILES string of the molecule is CC(C)(C)CC(=O)NCCCCCCI. The first-order valence-corrected chi connectivity index (χ1v) is 7.31. The van der Waals surface area contributed by atoms with Gasteiger partial charge in [0.2, 0.25) is 5.91 Å². The molecule has 0 atom stereocenters. The second-order valence-corrected chi connectivity index (χ2v) is 6.27. The monoisotopic (exact) mass is 325 g/mol. The van der Waals surface area contributed by atoms with Gasteiger partial charge in [-0.3, -0.25) is 4.79 Å². The van der Waals surface area contributed by atoms with Crippen LogP contribution in [-0.4, -0.2) is 16.9 Å². The van der Waals surface area contributed by atoms with Gasteiger partial charge in [0, 0.05) is 13.0 Å². The average Bonchev–Trinajstić information content (AvgIpc) is 2.08. The predicted octanol–water partition coefficient (Wildman–Crippen LogP) is 3.53. The van der Waals surface area contributed by atoms with Crippen molar-refractivity contribution in [2.24, 2.45) is 5.41 Å². The van der Waals surface area contributed by atoms with Crippen LogP contribution < -0.4 is 5.32 Å². The van der Waals surface area contributed by atoms with Crippen molar-refractivity contribution in [2.45, 2.75) is 52.9 Å². The van der Waals surface area contributed by atoms with Gasteiger partial charge in [0.1, 0.15) is 0 Å². The van der Waals surface area contributed by atoms with Crippen molar-refractivity contribution in [3.63, 3.8) is 0 Å². The summed E-state index contributed by atoms with van der Waals surface area (Å²) in [6.07, 6.45) is 5.57. The molecule has 0 aromatic carbocycles. The molecule has 0 aliphatic heterocycles. The van der Waals surface area contributed by atoms with Crippen LogP contribution >= 0.6 is 22.6 Å². The Bertz CT molecular complexity index is 175. The van der Waals surface area contributed by atoms with Crippen LogP contribution in [-0.2, 0) is 4.79 Å². The lowest BCUT2D eigenvalue weighted by atomic mass is 9.92. The fourth-order valence-electron chi connectivity index (χ4n) is 1.35. The number of halogens is 1. The van der Waals surface area contributed by atoms with Crippen molar-refractivity contribution in [3.8, 4) is 0 Å². The Balaban J connectivity index is 3.32. The van der Waals surface area contributed by atoms with Gasteiger partial charge in [-0.2, -0.15) is 0 Å². The minimum Gasteiger partial charge on any atom is -0.356 e. The maximum atomic E-state index is 11.4. The molecule has 15 heavy (non-hydrogen) atoms. The number of amides is 1. The molecule has 0 saturated carbocycles. The number of hydrogen-bond donors (Lipinski definition) is 1. The van der Waals surface area contributed by atoms with E-state index in [0.29, 0.717) is 6.42 Å². The molecule has 0 radical (unpaired) electrons. The van der Waals surface area contributed by atoms with Gasteiger partial charge < -0.3 is 5.32 Å². The molecular formula is C12H24INO. The van der Waals surface area contributed by atoms with E-state index in [-0.39, 0.29) is 11.3 Å². The normalized spacial score (nSPS) is 11.5. The quantitative estimate of drug-likeness (QED) is 0.433. The lowest BCUT2D eigenvalue weighted by Crippen LogP contribution is -2.28. The molecule has 1 N–H and O–H groups in total. The van der Waals surface area contributed by atoms with Crippen LogP contribution in [0.5, 0.6) is 0 Å². The second-order valence-electron chi connectivity index (χ2n) is 5.19. The lowest BCUT2D eigenvalue weighted by Gasteiger charge is -2.17. The third kappa shape index (κ3) is 12.1. The Morgan fingerprint density at radius 1 is 1.13 bits per heavy atom. The number of hydrogen-bond acceptors (Lipinski definition) is 1. The van der Waals surface area contributed by atoms with E-state index < -0.39 is 0 Å². The minimum absolute atomic E-state index is 0.102. The van der Waals surface area contributed by atoms with Crippen molar-refractivity contribution in [2.75, 3.05) is 11.0 Å². The van der Waals surface area contributed by atoms with Crippen LogP contribution in [0.25, 0.3) is 0 Å². The van der Waals surface area contributed by atoms with Crippen LogP contribution in [0.15, 0.2) is 0 Å². The molecule has 0 saturated heterocycles. The zero-order chi connectivity index (χ0) is 11.7. The smallest absolute Gasteiger partial charge is 0.220 e. The summed E-state index contributed by atoms with van der Waals surface area (Å²) in [5, 5.41) is 2.98. The van der Waals surface area contributed by atoms with Gasteiger partial charge in [0.25, 0.3) is 0 Å². The van der Waals surface area contributed by atoms with Gasteiger partial charge in [0.05, 0.1) is 0 Å². The number of nitrogens with one attached hydrogen (secondary N) is 1. The molecule has 2 nitrogen and oxygen atoms in total. The molecule has 0 heterocycles. The third-order valence-corrected chi connectivity index (χ3v) is 2.84. The molecule has 0 bridgehead atoms. The molecule has 0 spiro atoms. The van der Waals surface area contributed by atoms with E-state index in [4.69, 9.17) is 0 Å².